The average Bonchev–Trinajstić information content (AvgIpc) is 3.10. The van der Waals surface area contributed by atoms with Gasteiger partial charge in [-0.15, -0.1) is 0 Å². The molecular weight excluding hydrogens is 241 g/mol. The maximum atomic E-state index is 12.9. The van der Waals surface area contributed by atoms with Gasteiger partial charge < -0.3 is 5.32 Å². The van der Waals surface area contributed by atoms with Crippen molar-refractivity contribution < 1.29 is 13.4 Å². The molecule has 1 unspecified atom stereocenters. The van der Waals surface area contributed by atoms with Gasteiger partial charge in [0.25, 0.3) is 0 Å². The number of carbonyl (C=O) groups excluding carboxylic acids is 1. The van der Waals surface area contributed by atoms with Crippen molar-refractivity contribution in [1.82, 2.24) is 5.32 Å². The van der Waals surface area contributed by atoms with Crippen molar-refractivity contribution in [2.45, 2.75) is 30.2 Å². The Morgan fingerprint density at radius 2 is 2.24 bits per heavy atom. The quantitative estimate of drug-likeness (QED) is 0.868. The molecule has 1 N–H and O–H groups in total. The lowest BCUT2D eigenvalue weighted by molar-refractivity contribution is -0.120. The molecular formula is C12H14FNO2S. The van der Waals surface area contributed by atoms with Gasteiger partial charge in [0.05, 0.1) is 10.8 Å². The maximum Gasteiger partial charge on any atom is 0.221 e. The van der Waals surface area contributed by atoms with Gasteiger partial charge in [0.1, 0.15) is 5.82 Å². The van der Waals surface area contributed by atoms with Crippen molar-refractivity contribution in [3.63, 3.8) is 0 Å². The third-order valence-corrected chi connectivity index (χ3v) is 3.87. The second kappa shape index (κ2) is 5.40. The zero-order valence-electron chi connectivity index (χ0n) is 9.32. The van der Waals surface area contributed by atoms with E-state index in [0.717, 1.165) is 12.8 Å². The molecule has 1 aliphatic rings. The van der Waals surface area contributed by atoms with E-state index in [9.17, 15) is 13.4 Å². The number of benzene rings is 1. The van der Waals surface area contributed by atoms with Crippen LogP contribution in [0.3, 0.4) is 0 Å². The number of nitrogens with one attached hydrogen (secondary N) is 1. The molecule has 0 aliphatic heterocycles. The molecule has 1 fully saturated rings. The van der Waals surface area contributed by atoms with Crippen molar-refractivity contribution in [3.8, 4) is 0 Å². The van der Waals surface area contributed by atoms with Gasteiger partial charge in [-0.25, -0.2) is 4.39 Å². The van der Waals surface area contributed by atoms with Crippen LogP contribution in [-0.2, 0) is 15.6 Å². The Labute approximate surface area is 102 Å². The number of hydrogen-bond donors (Lipinski definition) is 1. The molecule has 2 rings (SSSR count). The minimum Gasteiger partial charge on any atom is -0.353 e. The van der Waals surface area contributed by atoms with Gasteiger partial charge in [-0.05, 0) is 31.0 Å². The van der Waals surface area contributed by atoms with Crippen molar-refractivity contribution in [1.29, 1.82) is 0 Å². The summed E-state index contributed by atoms with van der Waals surface area (Å²) in [6.07, 6.45) is 2.30. The van der Waals surface area contributed by atoms with Crippen molar-refractivity contribution >= 4 is 16.7 Å². The summed E-state index contributed by atoms with van der Waals surface area (Å²) < 4.78 is 24.7. The number of halogens is 1. The predicted molar refractivity (Wildman–Crippen MR) is 63.5 cm³/mol. The molecule has 0 radical (unpaired) electrons. The van der Waals surface area contributed by atoms with E-state index in [0.29, 0.717) is 10.9 Å². The fraction of sp³-hybridized carbons (Fsp3) is 0.417. The Hall–Kier alpha value is -1.23. The summed E-state index contributed by atoms with van der Waals surface area (Å²) in [5.74, 6) is -0.238. The van der Waals surface area contributed by atoms with Crippen molar-refractivity contribution in [2.75, 3.05) is 5.75 Å². The lowest BCUT2D eigenvalue weighted by Crippen LogP contribution is -2.26. The fourth-order valence-corrected chi connectivity index (χ4v) is 2.52. The first-order chi connectivity index (χ1) is 8.15. The highest BCUT2D eigenvalue weighted by molar-refractivity contribution is 7.85. The van der Waals surface area contributed by atoms with Gasteiger partial charge in [-0.1, -0.05) is 6.07 Å². The summed E-state index contributed by atoms with van der Waals surface area (Å²) in [4.78, 5) is 11.8. The summed E-state index contributed by atoms with van der Waals surface area (Å²) in [6.45, 7) is 0. The topological polar surface area (TPSA) is 46.2 Å². The Balaban J connectivity index is 1.82. The molecule has 0 saturated heterocycles. The van der Waals surface area contributed by atoms with Crippen LogP contribution in [0.4, 0.5) is 4.39 Å². The van der Waals surface area contributed by atoms with Gasteiger partial charge in [0.15, 0.2) is 0 Å². The normalized spacial score (nSPS) is 16.5. The Bertz CT molecular complexity index is 446. The van der Waals surface area contributed by atoms with Crippen LogP contribution in [0.1, 0.15) is 19.3 Å². The van der Waals surface area contributed by atoms with Crippen LogP contribution < -0.4 is 5.32 Å². The van der Waals surface area contributed by atoms with Crippen molar-refractivity contribution in [3.05, 3.63) is 30.1 Å². The zero-order chi connectivity index (χ0) is 12.3. The first kappa shape index (κ1) is 12.2. The van der Waals surface area contributed by atoms with E-state index in [1.807, 2.05) is 0 Å². The minimum absolute atomic E-state index is 0.0720. The van der Waals surface area contributed by atoms with Gasteiger partial charge in [-0.2, -0.15) is 0 Å². The smallest absolute Gasteiger partial charge is 0.221 e. The number of carbonyl (C=O) groups is 1. The Kier molecular flexibility index (Phi) is 3.89. The first-order valence-corrected chi connectivity index (χ1v) is 6.90. The molecule has 1 atom stereocenters. The highest BCUT2D eigenvalue weighted by Crippen LogP contribution is 2.18. The summed E-state index contributed by atoms with van der Waals surface area (Å²) >= 11 is 0. The van der Waals surface area contributed by atoms with Crippen LogP contribution in [0.15, 0.2) is 29.2 Å². The second-order valence-corrected chi connectivity index (χ2v) is 5.67. The molecule has 1 aliphatic carbocycles. The monoisotopic (exact) mass is 255 g/mol. The van der Waals surface area contributed by atoms with E-state index in [1.165, 1.54) is 18.2 Å². The van der Waals surface area contributed by atoms with Crippen LogP contribution in [-0.4, -0.2) is 21.9 Å². The van der Waals surface area contributed by atoms with Crippen LogP contribution >= 0.6 is 0 Å². The predicted octanol–water partition coefficient (Wildman–Crippen LogP) is 1.60. The number of amides is 1. The molecule has 1 aromatic carbocycles. The van der Waals surface area contributed by atoms with E-state index in [4.69, 9.17) is 0 Å². The zero-order valence-corrected chi connectivity index (χ0v) is 10.1. The van der Waals surface area contributed by atoms with Gasteiger partial charge in [0, 0.05) is 23.1 Å². The molecule has 0 aromatic heterocycles. The van der Waals surface area contributed by atoms with E-state index in [1.54, 1.807) is 6.07 Å². The average molecular weight is 255 g/mol. The summed E-state index contributed by atoms with van der Waals surface area (Å²) in [5, 5.41) is 2.82. The van der Waals surface area contributed by atoms with Crippen LogP contribution in [0.5, 0.6) is 0 Å². The van der Waals surface area contributed by atoms with Gasteiger partial charge in [-0.3, -0.25) is 9.00 Å². The molecule has 1 amide bonds. The fourth-order valence-electron chi connectivity index (χ4n) is 1.44. The maximum absolute atomic E-state index is 12.9. The lowest BCUT2D eigenvalue weighted by Gasteiger charge is -2.03. The standard InChI is InChI=1S/C12H14FNO2S/c13-9-2-1-3-11(8-9)17(16)7-6-12(15)14-10-4-5-10/h1-3,8,10H,4-7H2,(H,14,15). The highest BCUT2D eigenvalue weighted by atomic mass is 32.2. The Morgan fingerprint density at radius 3 is 2.88 bits per heavy atom. The molecule has 92 valence electrons. The lowest BCUT2D eigenvalue weighted by atomic mass is 10.3. The van der Waals surface area contributed by atoms with Crippen LogP contribution in [0, 0.1) is 5.82 Å². The summed E-state index contributed by atoms with van der Waals surface area (Å²) in [6, 6.07) is 6.00. The van der Waals surface area contributed by atoms with E-state index in [-0.39, 0.29) is 18.1 Å². The molecule has 1 saturated carbocycles. The van der Waals surface area contributed by atoms with Crippen LogP contribution in [0.2, 0.25) is 0 Å². The second-order valence-electron chi connectivity index (χ2n) is 4.10. The van der Waals surface area contributed by atoms with E-state index in [2.05, 4.69) is 5.32 Å². The molecule has 0 spiro atoms. The summed E-state index contributed by atoms with van der Waals surface area (Å²) in [5.41, 5.74) is 0. The number of hydrogen-bond acceptors (Lipinski definition) is 2. The molecule has 5 heteroatoms. The van der Waals surface area contributed by atoms with Gasteiger partial charge in [0.2, 0.25) is 5.91 Å². The first-order valence-electron chi connectivity index (χ1n) is 5.58. The third kappa shape index (κ3) is 3.93. The summed E-state index contributed by atoms with van der Waals surface area (Å²) in [7, 11) is -1.31. The highest BCUT2D eigenvalue weighted by Gasteiger charge is 2.23. The largest absolute Gasteiger partial charge is 0.353 e. The molecule has 17 heavy (non-hydrogen) atoms. The number of rotatable bonds is 5. The van der Waals surface area contributed by atoms with E-state index < -0.39 is 16.6 Å². The Morgan fingerprint density at radius 1 is 1.47 bits per heavy atom. The van der Waals surface area contributed by atoms with Gasteiger partial charge >= 0.3 is 0 Å². The molecule has 0 heterocycles. The van der Waals surface area contributed by atoms with Crippen molar-refractivity contribution in [2.24, 2.45) is 0 Å². The third-order valence-electron chi connectivity index (χ3n) is 2.52. The SMILES string of the molecule is O=C(CCS(=O)c1cccc(F)c1)NC1CC1. The molecule has 0 bridgehead atoms. The van der Waals surface area contributed by atoms with E-state index >= 15 is 0 Å². The molecule has 1 aromatic rings. The molecule has 3 nitrogen and oxygen atoms in total. The van der Waals surface area contributed by atoms with Crippen LogP contribution in [0.25, 0.3) is 0 Å². The minimum atomic E-state index is -1.31.